The van der Waals surface area contributed by atoms with E-state index in [1.54, 1.807) is 7.11 Å². The van der Waals surface area contributed by atoms with Crippen molar-refractivity contribution in [1.82, 2.24) is 5.32 Å². The molecule has 2 N–H and O–H groups in total. The maximum absolute atomic E-state index is 11.7. The van der Waals surface area contributed by atoms with Gasteiger partial charge >= 0.3 is 0 Å². The third kappa shape index (κ3) is 6.50. The Morgan fingerprint density at radius 3 is 2.84 bits per heavy atom. The molecule has 0 aliphatic heterocycles. The molecule has 19 heavy (non-hydrogen) atoms. The minimum atomic E-state index is -0.0469. The molecule has 0 saturated heterocycles. The number of para-hydroxylation sites is 2. The summed E-state index contributed by atoms with van der Waals surface area (Å²) in [5.74, 6) is 1.81. The molecule has 5 heteroatoms. The van der Waals surface area contributed by atoms with Crippen LogP contribution in [-0.4, -0.2) is 38.1 Å². The monoisotopic (exact) mass is 282 g/mol. The standard InChI is InChI=1S/C14H22N2O2S/c1-18-13-8-4-3-7-12(13)16-14(17)11-15-9-5-6-10-19-2/h3-4,7-8,15H,5-6,9-11H2,1-2H3,(H,16,17). The Morgan fingerprint density at radius 1 is 1.32 bits per heavy atom. The zero-order valence-corrected chi connectivity index (χ0v) is 12.4. The number of unbranched alkanes of at least 4 members (excludes halogenated alkanes) is 1. The first-order chi connectivity index (χ1) is 9.27. The molecule has 1 aromatic rings. The molecule has 4 nitrogen and oxygen atoms in total. The van der Waals surface area contributed by atoms with E-state index in [4.69, 9.17) is 4.74 Å². The Bertz CT molecular complexity index is 385. The largest absolute Gasteiger partial charge is 0.495 e. The van der Waals surface area contributed by atoms with E-state index in [-0.39, 0.29) is 5.91 Å². The molecule has 0 spiro atoms. The van der Waals surface area contributed by atoms with Crippen molar-refractivity contribution in [2.75, 3.05) is 37.5 Å². The SMILES string of the molecule is COc1ccccc1NC(=O)CNCCCCSC. The summed E-state index contributed by atoms with van der Waals surface area (Å²) in [6.45, 7) is 1.21. The van der Waals surface area contributed by atoms with Crippen molar-refractivity contribution in [1.29, 1.82) is 0 Å². The highest BCUT2D eigenvalue weighted by molar-refractivity contribution is 7.98. The van der Waals surface area contributed by atoms with Crippen LogP contribution in [-0.2, 0) is 4.79 Å². The number of methoxy groups -OCH3 is 1. The lowest BCUT2D eigenvalue weighted by Crippen LogP contribution is -2.28. The fourth-order valence-electron chi connectivity index (χ4n) is 1.64. The predicted molar refractivity (Wildman–Crippen MR) is 82.1 cm³/mol. The number of thioether (sulfide) groups is 1. The molecular weight excluding hydrogens is 260 g/mol. The summed E-state index contributed by atoms with van der Waals surface area (Å²) >= 11 is 1.85. The Hall–Kier alpha value is -1.20. The highest BCUT2D eigenvalue weighted by Gasteiger charge is 2.05. The summed E-state index contributed by atoms with van der Waals surface area (Å²) in [5.41, 5.74) is 0.708. The number of rotatable bonds is 9. The van der Waals surface area contributed by atoms with Crippen LogP contribution >= 0.6 is 11.8 Å². The van der Waals surface area contributed by atoms with Crippen LogP contribution in [0.1, 0.15) is 12.8 Å². The van der Waals surface area contributed by atoms with Crippen LogP contribution < -0.4 is 15.4 Å². The molecule has 1 rings (SSSR count). The smallest absolute Gasteiger partial charge is 0.238 e. The lowest BCUT2D eigenvalue weighted by molar-refractivity contribution is -0.115. The van der Waals surface area contributed by atoms with E-state index in [2.05, 4.69) is 16.9 Å². The second kappa shape index (κ2) is 9.69. The first-order valence-corrected chi connectivity index (χ1v) is 7.80. The van der Waals surface area contributed by atoms with Gasteiger partial charge in [-0.05, 0) is 43.5 Å². The highest BCUT2D eigenvalue weighted by Crippen LogP contribution is 2.22. The summed E-state index contributed by atoms with van der Waals surface area (Å²) in [6, 6.07) is 7.40. The number of ether oxygens (including phenoxy) is 1. The molecule has 1 amide bonds. The quantitative estimate of drug-likeness (QED) is 0.683. The zero-order chi connectivity index (χ0) is 13.9. The molecule has 0 aliphatic rings. The Kier molecular flexibility index (Phi) is 8.09. The van der Waals surface area contributed by atoms with E-state index in [9.17, 15) is 4.79 Å². The number of carbonyl (C=O) groups excluding carboxylic acids is 1. The first kappa shape index (κ1) is 15.9. The van der Waals surface area contributed by atoms with Crippen molar-refractivity contribution in [3.05, 3.63) is 24.3 Å². The third-order valence-electron chi connectivity index (χ3n) is 2.62. The Morgan fingerprint density at radius 2 is 2.11 bits per heavy atom. The van der Waals surface area contributed by atoms with E-state index in [0.717, 1.165) is 13.0 Å². The van der Waals surface area contributed by atoms with Crippen molar-refractivity contribution < 1.29 is 9.53 Å². The third-order valence-corrected chi connectivity index (χ3v) is 3.32. The maximum Gasteiger partial charge on any atom is 0.238 e. The van der Waals surface area contributed by atoms with Gasteiger partial charge in [0.2, 0.25) is 5.91 Å². The normalized spacial score (nSPS) is 10.2. The van der Waals surface area contributed by atoms with Crippen LogP contribution in [0.15, 0.2) is 24.3 Å². The molecule has 0 fully saturated rings. The summed E-state index contributed by atoms with van der Waals surface area (Å²) in [6.07, 6.45) is 4.39. The van der Waals surface area contributed by atoms with E-state index in [0.29, 0.717) is 18.0 Å². The van der Waals surface area contributed by atoms with Gasteiger partial charge in [0.1, 0.15) is 5.75 Å². The van der Waals surface area contributed by atoms with Gasteiger partial charge in [0, 0.05) is 0 Å². The molecule has 0 radical (unpaired) electrons. The van der Waals surface area contributed by atoms with E-state index in [1.807, 2.05) is 36.0 Å². The van der Waals surface area contributed by atoms with Gasteiger partial charge in [-0.2, -0.15) is 11.8 Å². The van der Waals surface area contributed by atoms with Crippen LogP contribution in [0.3, 0.4) is 0 Å². The number of anilines is 1. The Balaban J connectivity index is 2.23. The van der Waals surface area contributed by atoms with Crippen LogP contribution in [0.25, 0.3) is 0 Å². The number of hydrogen-bond donors (Lipinski definition) is 2. The van der Waals surface area contributed by atoms with Crippen LogP contribution in [0, 0.1) is 0 Å². The summed E-state index contributed by atoms with van der Waals surface area (Å²) in [7, 11) is 1.59. The van der Waals surface area contributed by atoms with E-state index >= 15 is 0 Å². The average Bonchev–Trinajstić information content (AvgIpc) is 2.43. The molecule has 0 saturated carbocycles. The minimum absolute atomic E-state index is 0.0469. The van der Waals surface area contributed by atoms with Gasteiger partial charge < -0.3 is 15.4 Å². The molecule has 106 valence electrons. The molecular formula is C14H22N2O2S. The van der Waals surface area contributed by atoms with Crippen molar-refractivity contribution >= 4 is 23.4 Å². The maximum atomic E-state index is 11.7. The highest BCUT2D eigenvalue weighted by atomic mass is 32.2. The van der Waals surface area contributed by atoms with Gasteiger partial charge in [0.05, 0.1) is 19.3 Å². The molecule has 0 heterocycles. The summed E-state index contributed by atoms with van der Waals surface area (Å²) in [5, 5.41) is 5.97. The number of hydrogen-bond acceptors (Lipinski definition) is 4. The van der Waals surface area contributed by atoms with E-state index in [1.165, 1.54) is 12.2 Å². The summed E-state index contributed by atoms with van der Waals surface area (Å²) in [4.78, 5) is 11.7. The number of nitrogens with one attached hydrogen (secondary N) is 2. The fourth-order valence-corrected chi connectivity index (χ4v) is 2.13. The topological polar surface area (TPSA) is 50.4 Å². The molecule has 0 bridgehead atoms. The van der Waals surface area contributed by atoms with Gasteiger partial charge in [0.25, 0.3) is 0 Å². The summed E-state index contributed by atoms with van der Waals surface area (Å²) < 4.78 is 5.18. The minimum Gasteiger partial charge on any atom is -0.495 e. The lowest BCUT2D eigenvalue weighted by atomic mass is 10.3. The molecule has 0 aliphatic carbocycles. The molecule has 0 atom stereocenters. The molecule has 0 aromatic heterocycles. The molecule has 1 aromatic carbocycles. The predicted octanol–water partition coefficient (Wildman–Crippen LogP) is 2.37. The van der Waals surface area contributed by atoms with Crippen molar-refractivity contribution in [2.24, 2.45) is 0 Å². The number of benzene rings is 1. The first-order valence-electron chi connectivity index (χ1n) is 6.40. The second-order valence-electron chi connectivity index (χ2n) is 4.13. The lowest BCUT2D eigenvalue weighted by Gasteiger charge is -2.10. The van der Waals surface area contributed by atoms with Gasteiger partial charge in [-0.1, -0.05) is 12.1 Å². The van der Waals surface area contributed by atoms with Gasteiger partial charge in [-0.25, -0.2) is 0 Å². The number of carbonyl (C=O) groups is 1. The average molecular weight is 282 g/mol. The van der Waals surface area contributed by atoms with Crippen LogP contribution in [0.2, 0.25) is 0 Å². The van der Waals surface area contributed by atoms with Crippen molar-refractivity contribution in [3.8, 4) is 5.75 Å². The van der Waals surface area contributed by atoms with Gasteiger partial charge in [-0.15, -0.1) is 0 Å². The zero-order valence-electron chi connectivity index (χ0n) is 11.6. The fraction of sp³-hybridized carbons (Fsp3) is 0.500. The Labute approximate surface area is 119 Å². The van der Waals surface area contributed by atoms with Crippen LogP contribution in [0.5, 0.6) is 5.75 Å². The van der Waals surface area contributed by atoms with Crippen LogP contribution in [0.4, 0.5) is 5.69 Å². The van der Waals surface area contributed by atoms with Crippen molar-refractivity contribution in [2.45, 2.75) is 12.8 Å². The van der Waals surface area contributed by atoms with Gasteiger partial charge in [-0.3, -0.25) is 4.79 Å². The number of amides is 1. The van der Waals surface area contributed by atoms with Gasteiger partial charge in [0.15, 0.2) is 0 Å². The molecule has 0 unspecified atom stereocenters. The van der Waals surface area contributed by atoms with E-state index < -0.39 is 0 Å². The second-order valence-corrected chi connectivity index (χ2v) is 5.11. The van der Waals surface area contributed by atoms with Crippen molar-refractivity contribution in [3.63, 3.8) is 0 Å².